The number of halogens is 1. The van der Waals surface area contributed by atoms with E-state index < -0.39 is 27.0 Å². The molecule has 1 amide bonds. The molecular formula is C20H22FNO4S. The molecule has 3 rings (SSSR count). The molecule has 0 aromatic heterocycles. The molecule has 7 heteroatoms. The summed E-state index contributed by atoms with van der Waals surface area (Å²) in [5.74, 6) is -0.991. The zero-order valence-electron chi connectivity index (χ0n) is 15.0. The second-order valence-corrected chi connectivity index (χ2v) is 8.87. The van der Waals surface area contributed by atoms with Gasteiger partial charge in [0.15, 0.2) is 27.5 Å². The lowest BCUT2D eigenvalue weighted by Gasteiger charge is -2.24. The lowest BCUT2D eigenvalue weighted by atomic mass is 10.1. The van der Waals surface area contributed by atoms with Crippen LogP contribution in [0, 0.1) is 5.82 Å². The number of para-hydroxylation sites is 1. The molecule has 0 spiro atoms. The number of benzene rings is 2. The average molecular weight is 391 g/mol. The van der Waals surface area contributed by atoms with Gasteiger partial charge in [-0.15, -0.1) is 0 Å². The Balaban J connectivity index is 1.71. The van der Waals surface area contributed by atoms with Gasteiger partial charge in [0, 0.05) is 13.1 Å². The van der Waals surface area contributed by atoms with E-state index in [1.54, 1.807) is 25.1 Å². The van der Waals surface area contributed by atoms with Gasteiger partial charge in [-0.05, 0) is 31.0 Å². The maximum absolute atomic E-state index is 13.7. The van der Waals surface area contributed by atoms with E-state index >= 15 is 0 Å². The van der Waals surface area contributed by atoms with Gasteiger partial charge in [0.2, 0.25) is 0 Å². The number of carbonyl (C=O) groups excluding carboxylic acids is 1. The lowest BCUT2D eigenvalue weighted by molar-refractivity contribution is -0.137. The minimum atomic E-state index is -3.37. The molecular weight excluding hydrogens is 369 g/mol. The number of sulfone groups is 1. The van der Waals surface area contributed by atoms with Gasteiger partial charge >= 0.3 is 0 Å². The maximum atomic E-state index is 13.7. The molecule has 5 nitrogen and oxygen atoms in total. The van der Waals surface area contributed by atoms with Crippen molar-refractivity contribution in [3.05, 3.63) is 66.0 Å². The van der Waals surface area contributed by atoms with Crippen molar-refractivity contribution < 1.29 is 22.3 Å². The van der Waals surface area contributed by atoms with Crippen LogP contribution in [0.4, 0.5) is 4.39 Å². The fourth-order valence-electron chi connectivity index (χ4n) is 3.24. The van der Waals surface area contributed by atoms with Crippen molar-refractivity contribution in [2.45, 2.75) is 24.7 Å². The molecule has 0 unspecified atom stereocenters. The van der Waals surface area contributed by atoms with Gasteiger partial charge in [0.25, 0.3) is 5.91 Å². The summed E-state index contributed by atoms with van der Waals surface area (Å²) in [7, 11) is -3.37. The molecule has 27 heavy (non-hydrogen) atoms. The van der Waals surface area contributed by atoms with Crippen LogP contribution < -0.4 is 4.74 Å². The first-order chi connectivity index (χ1) is 12.9. The summed E-state index contributed by atoms with van der Waals surface area (Å²) >= 11 is 0. The lowest BCUT2D eigenvalue weighted by Crippen LogP contribution is -2.42. The molecule has 1 aliphatic rings. The van der Waals surface area contributed by atoms with E-state index in [0.717, 1.165) is 5.56 Å². The Kier molecular flexibility index (Phi) is 5.79. The predicted molar refractivity (Wildman–Crippen MR) is 101 cm³/mol. The van der Waals surface area contributed by atoms with Crippen LogP contribution in [0.2, 0.25) is 0 Å². The van der Waals surface area contributed by atoms with Crippen molar-refractivity contribution in [3.8, 4) is 5.75 Å². The smallest absolute Gasteiger partial charge is 0.263 e. The van der Waals surface area contributed by atoms with E-state index in [-0.39, 0.29) is 24.0 Å². The van der Waals surface area contributed by atoms with Crippen LogP contribution in [0.3, 0.4) is 0 Å². The van der Waals surface area contributed by atoms with E-state index in [1.165, 1.54) is 23.1 Å². The topological polar surface area (TPSA) is 63.7 Å². The van der Waals surface area contributed by atoms with Crippen LogP contribution in [-0.2, 0) is 14.6 Å². The summed E-state index contributed by atoms with van der Waals surface area (Å²) in [6, 6.07) is 14.9. The van der Waals surface area contributed by atoms with Gasteiger partial charge in [-0.25, -0.2) is 12.8 Å². The van der Waals surface area contributed by atoms with Crippen molar-refractivity contribution >= 4 is 15.7 Å². The van der Waals surface area contributed by atoms with Crippen molar-refractivity contribution in [2.24, 2.45) is 0 Å². The highest BCUT2D eigenvalue weighted by molar-refractivity contribution is 7.91. The van der Waals surface area contributed by atoms with Crippen LogP contribution in [0.1, 0.15) is 24.2 Å². The Morgan fingerprint density at radius 2 is 1.78 bits per heavy atom. The summed E-state index contributed by atoms with van der Waals surface area (Å²) in [4.78, 5) is 14.2. The molecule has 2 aromatic carbocycles. The summed E-state index contributed by atoms with van der Waals surface area (Å²) < 4.78 is 44.5. The third kappa shape index (κ3) is 4.47. The SMILES string of the molecule is C[C@@H](Oc1ccccc1F)C(=O)N1CC[C@H](c2ccccc2)S(=O)(=O)CC1. The van der Waals surface area contributed by atoms with E-state index in [0.29, 0.717) is 13.0 Å². The van der Waals surface area contributed by atoms with E-state index in [2.05, 4.69) is 0 Å². The van der Waals surface area contributed by atoms with Gasteiger partial charge in [-0.2, -0.15) is 0 Å². The van der Waals surface area contributed by atoms with E-state index in [4.69, 9.17) is 4.74 Å². The van der Waals surface area contributed by atoms with Crippen molar-refractivity contribution in [2.75, 3.05) is 18.8 Å². The second kappa shape index (κ2) is 8.08. The van der Waals surface area contributed by atoms with Gasteiger partial charge in [-0.1, -0.05) is 42.5 Å². The summed E-state index contributed by atoms with van der Waals surface area (Å²) in [6.07, 6.45) is -0.581. The molecule has 2 aromatic rings. The fourth-order valence-corrected chi connectivity index (χ4v) is 5.04. The molecule has 0 N–H and O–H groups in total. The zero-order chi connectivity index (χ0) is 19.4. The molecule has 144 valence electrons. The van der Waals surface area contributed by atoms with Crippen molar-refractivity contribution in [1.29, 1.82) is 0 Å². The number of nitrogens with zero attached hydrogens (tertiary/aromatic N) is 1. The molecule has 0 saturated carbocycles. The first-order valence-electron chi connectivity index (χ1n) is 8.85. The highest BCUT2D eigenvalue weighted by atomic mass is 32.2. The monoisotopic (exact) mass is 391 g/mol. The molecule has 1 saturated heterocycles. The van der Waals surface area contributed by atoms with Crippen LogP contribution in [0.15, 0.2) is 54.6 Å². The highest BCUT2D eigenvalue weighted by Gasteiger charge is 2.34. The Hall–Kier alpha value is -2.41. The molecule has 1 heterocycles. The first-order valence-corrected chi connectivity index (χ1v) is 10.6. The molecule has 1 aliphatic heterocycles. The number of amides is 1. The fraction of sp³-hybridized carbons (Fsp3) is 0.350. The Morgan fingerprint density at radius 1 is 1.11 bits per heavy atom. The van der Waals surface area contributed by atoms with E-state index in [9.17, 15) is 17.6 Å². The largest absolute Gasteiger partial charge is 0.478 e. The van der Waals surface area contributed by atoms with Crippen LogP contribution >= 0.6 is 0 Å². The highest BCUT2D eigenvalue weighted by Crippen LogP contribution is 2.29. The number of ether oxygens (including phenoxy) is 1. The Bertz CT molecular complexity index is 901. The third-order valence-electron chi connectivity index (χ3n) is 4.71. The predicted octanol–water partition coefficient (Wildman–Crippen LogP) is 2.98. The molecule has 2 atom stereocenters. The number of rotatable bonds is 4. The molecule has 0 radical (unpaired) electrons. The summed E-state index contributed by atoms with van der Waals surface area (Å²) in [5, 5.41) is -0.626. The van der Waals surface area contributed by atoms with Crippen molar-refractivity contribution in [1.82, 2.24) is 4.90 Å². The van der Waals surface area contributed by atoms with E-state index in [1.807, 2.05) is 18.2 Å². The standard InChI is InChI=1S/C20H22FNO4S/c1-15(26-18-10-6-5-9-17(18)21)20(23)22-12-11-19(27(24,25)14-13-22)16-7-3-2-4-8-16/h2-10,15,19H,11-14H2,1H3/t15-,19-/m1/s1. The van der Waals surface area contributed by atoms with Crippen LogP contribution in [0.25, 0.3) is 0 Å². The van der Waals surface area contributed by atoms with Crippen LogP contribution in [0.5, 0.6) is 5.75 Å². The van der Waals surface area contributed by atoms with Gasteiger partial charge in [0.05, 0.1) is 11.0 Å². The minimum absolute atomic E-state index is 0.00274. The Morgan fingerprint density at radius 3 is 2.48 bits per heavy atom. The second-order valence-electron chi connectivity index (χ2n) is 6.57. The zero-order valence-corrected chi connectivity index (χ0v) is 15.9. The quantitative estimate of drug-likeness (QED) is 0.804. The van der Waals surface area contributed by atoms with Crippen molar-refractivity contribution in [3.63, 3.8) is 0 Å². The Labute approximate surface area is 158 Å². The maximum Gasteiger partial charge on any atom is 0.263 e. The number of hydrogen-bond acceptors (Lipinski definition) is 4. The first kappa shape index (κ1) is 19.4. The number of carbonyl (C=O) groups is 1. The average Bonchev–Trinajstić information content (AvgIpc) is 2.81. The summed E-state index contributed by atoms with van der Waals surface area (Å²) in [5.41, 5.74) is 0.738. The minimum Gasteiger partial charge on any atom is -0.478 e. The van der Waals surface area contributed by atoms with Gasteiger partial charge in [-0.3, -0.25) is 4.79 Å². The van der Waals surface area contributed by atoms with Gasteiger partial charge < -0.3 is 9.64 Å². The normalized spacial score (nSPS) is 20.5. The molecule has 0 bridgehead atoms. The molecule has 0 aliphatic carbocycles. The molecule has 1 fully saturated rings. The van der Waals surface area contributed by atoms with Crippen LogP contribution in [-0.4, -0.2) is 44.2 Å². The number of hydrogen-bond donors (Lipinski definition) is 0. The summed E-state index contributed by atoms with van der Waals surface area (Å²) in [6.45, 7) is 1.96. The van der Waals surface area contributed by atoms with Gasteiger partial charge in [0.1, 0.15) is 0 Å². The third-order valence-corrected chi connectivity index (χ3v) is 6.84.